The zero-order valence-electron chi connectivity index (χ0n) is 10.4. The molecule has 2 nitrogen and oxygen atoms in total. The van der Waals surface area contributed by atoms with Crippen molar-refractivity contribution in [2.75, 3.05) is 6.54 Å². The van der Waals surface area contributed by atoms with Crippen molar-refractivity contribution in [3.8, 4) is 0 Å². The third-order valence-electron chi connectivity index (χ3n) is 6.21. The zero-order chi connectivity index (χ0) is 11.4. The second-order valence-corrected chi connectivity index (χ2v) is 6.66. The van der Waals surface area contributed by atoms with Crippen LogP contribution in [0.1, 0.15) is 51.9 Å². The van der Waals surface area contributed by atoms with Crippen LogP contribution < -0.4 is 5.73 Å². The molecule has 3 N–H and O–H groups in total. The third kappa shape index (κ3) is 1.15. The summed E-state index contributed by atoms with van der Waals surface area (Å²) in [4.78, 5) is 0. The molecule has 3 saturated carbocycles. The lowest BCUT2D eigenvalue weighted by Gasteiger charge is -2.50. The monoisotopic (exact) mass is 223 g/mol. The lowest BCUT2D eigenvalue weighted by molar-refractivity contribution is -0.130. The number of rotatable bonds is 2. The minimum absolute atomic E-state index is 0.0752. The highest BCUT2D eigenvalue weighted by Gasteiger charge is 2.62. The summed E-state index contributed by atoms with van der Waals surface area (Å²) in [5.41, 5.74) is 5.75. The van der Waals surface area contributed by atoms with Crippen molar-refractivity contribution in [3.63, 3.8) is 0 Å². The van der Waals surface area contributed by atoms with Gasteiger partial charge in [-0.05, 0) is 49.9 Å². The van der Waals surface area contributed by atoms with Crippen molar-refractivity contribution in [1.82, 2.24) is 0 Å². The van der Waals surface area contributed by atoms with Gasteiger partial charge in [-0.3, -0.25) is 0 Å². The first kappa shape index (κ1) is 11.0. The minimum atomic E-state index is -0.443. The highest BCUT2D eigenvalue weighted by Crippen LogP contribution is 2.64. The standard InChI is InChI=1S/C14H25NO/c1-10-3-2-6-14(10,16)13(9-15)8-11-4-5-12(13)7-11/h10-12,16H,2-9,15H2,1H3. The summed E-state index contributed by atoms with van der Waals surface area (Å²) in [6, 6.07) is 0. The average molecular weight is 223 g/mol. The van der Waals surface area contributed by atoms with Crippen LogP contribution in [0.5, 0.6) is 0 Å². The summed E-state index contributed by atoms with van der Waals surface area (Å²) >= 11 is 0. The maximum absolute atomic E-state index is 11.2. The number of hydrogen-bond acceptors (Lipinski definition) is 2. The van der Waals surface area contributed by atoms with Crippen molar-refractivity contribution in [3.05, 3.63) is 0 Å². The normalized spacial score (nSPS) is 56.1. The Morgan fingerprint density at radius 3 is 2.56 bits per heavy atom. The second kappa shape index (κ2) is 3.46. The van der Waals surface area contributed by atoms with Crippen LogP contribution in [0.15, 0.2) is 0 Å². The van der Waals surface area contributed by atoms with Gasteiger partial charge >= 0.3 is 0 Å². The maximum Gasteiger partial charge on any atom is 0.0743 e. The molecule has 0 radical (unpaired) electrons. The third-order valence-corrected chi connectivity index (χ3v) is 6.21. The van der Waals surface area contributed by atoms with E-state index in [1.807, 2.05) is 0 Å². The molecule has 5 unspecified atom stereocenters. The zero-order valence-corrected chi connectivity index (χ0v) is 10.4. The molecular formula is C14H25NO. The Morgan fingerprint density at radius 1 is 1.31 bits per heavy atom. The van der Waals surface area contributed by atoms with Gasteiger partial charge in [0.2, 0.25) is 0 Å². The minimum Gasteiger partial charge on any atom is -0.389 e. The number of fused-ring (bicyclic) bond motifs is 2. The Labute approximate surface area is 98.6 Å². The van der Waals surface area contributed by atoms with Gasteiger partial charge in [0.25, 0.3) is 0 Å². The summed E-state index contributed by atoms with van der Waals surface area (Å²) in [6.07, 6.45) is 8.62. The first-order valence-corrected chi connectivity index (χ1v) is 7.05. The van der Waals surface area contributed by atoms with Crippen LogP contribution in [0.2, 0.25) is 0 Å². The van der Waals surface area contributed by atoms with Crippen LogP contribution in [-0.2, 0) is 0 Å². The largest absolute Gasteiger partial charge is 0.389 e. The molecule has 2 bridgehead atoms. The van der Waals surface area contributed by atoms with E-state index < -0.39 is 5.60 Å². The Kier molecular flexibility index (Phi) is 2.38. The van der Waals surface area contributed by atoms with E-state index in [-0.39, 0.29) is 5.41 Å². The summed E-state index contributed by atoms with van der Waals surface area (Å²) < 4.78 is 0. The van der Waals surface area contributed by atoms with Crippen LogP contribution in [0.3, 0.4) is 0 Å². The summed E-state index contributed by atoms with van der Waals surface area (Å²) in [6.45, 7) is 2.94. The molecule has 0 amide bonds. The van der Waals surface area contributed by atoms with Crippen LogP contribution in [0.25, 0.3) is 0 Å². The first-order valence-electron chi connectivity index (χ1n) is 7.05. The van der Waals surface area contributed by atoms with Gasteiger partial charge in [0, 0.05) is 12.0 Å². The van der Waals surface area contributed by atoms with Crippen molar-refractivity contribution in [2.45, 2.75) is 57.5 Å². The van der Waals surface area contributed by atoms with Gasteiger partial charge in [-0.15, -0.1) is 0 Å². The lowest BCUT2D eigenvalue weighted by Crippen LogP contribution is -2.57. The SMILES string of the molecule is CC1CCCC1(O)C1(CN)CC2CCC1C2. The van der Waals surface area contributed by atoms with E-state index >= 15 is 0 Å². The number of aliphatic hydroxyl groups is 1. The van der Waals surface area contributed by atoms with E-state index in [0.29, 0.717) is 18.4 Å². The molecule has 3 aliphatic carbocycles. The van der Waals surface area contributed by atoms with Gasteiger partial charge < -0.3 is 10.8 Å². The van der Waals surface area contributed by atoms with Crippen LogP contribution in [0, 0.1) is 23.2 Å². The van der Waals surface area contributed by atoms with Gasteiger partial charge in [-0.25, -0.2) is 0 Å². The molecule has 3 aliphatic rings. The fourth-order valence-electron chi connectivity index (χ4n) is 5.30. The Bertz CT molecular complexity index is 292. The summed E-state index contributed by atoms with van der Waals surface area (Å²) in [7, 11) is 0. The summed E-state index contributed by atoms with van der Waals surface area (Å²) in [5.74, 6) is 2.04. The molecule has 0 aromatic heterocycles. The van der Waals surface area contributed by atoms with E-state index in [1.165, 1.54) is 38.5 Å². The molecule has 92 valence electrons. The van der Waals surface area contributed by atoms with Gasteiger partial charge in [0.1, 0.15) is 0 Å². The lowest BCUT2D eigenvalue weighted by atomic mass is 9.59. The molecule has 0 aromatic carbocycles. The molecule has 0 aliphatic heterocycles. The van der Waals surface area contributed by atoms with Gasteiger partial charge in [-0.2, -0.15) is 0 Å². The molecule has 3 fully saturated rings. The van der Waals surface area contributed by atoms with Crippen molar-refractivity contribution < 1.29 is 5.11 Å². The van der Waals surface area contributed by atoms with E-state index in [0.717, 1.165) is 12.3 Å². The Hall–Kier alpha value is -0.0800. The molecule has 2 heteroatoms. The molecule has 5 atom stereocenters. The Morgan fingerprint density at radius 2 is 2.12 bits per heavy atom. The van der Waals surface area contributed by atoms with Crippen LogP contribution in [0.4, 0.5) is 0 Å². The number of hydrogen-bond donors (Lipinski definition) is 2. The van der Waals surface area contributed by atoms with Crippen molar-refractivity contribution in [2.24, 2.45) is 28.9 Å². The van der Waals surface area contributed by atoms with E-state index in [9.17, 15) is 5.11 Å². The Balaban J connectivity index is 1.96. The second-order valence-electron chi connectivity index (χ2n) is 6.66. The fourth-order valence-corrected chi connectivity index (χ4v) is 5.30. The average Bonchev–Trinajstić information content (AvgIpc) is 2.95. The van der Waals surface area contributed by atoms with Crippen molar-refractivity contribution in [1.29, 1.82) is 0 Å². The topological polar surface area (TPSA) is 46.2 Å². The molecular weight excluding hydrogens is 198 g/mol. The first-order chi connectivity index (χ1) is 7.62. The molecule has 0 aromatic rings. The van der Waals surface area contributed by atoms with Crippen LogP contribution >= 0.6 is 0 Å². The van der Waals surface area contributed by atoms with E-state index in [1.54, 1.807) is 0 Å². The molecule has 3 rings (SSSR count). The molecule has 0 saturated heterocycles. The molecule has 16 heavy (non-hydrogen) atoms. The van der Waals surface area contributed by atoms with E-state index in [4.69, 9.17) is 5.73 Å². The predicted octanol–water partition coefficient (Wildman–Crippen LogP) is 2.30. The van der Waals surface area contributed by atoms with Gasteiger partial charge in [0.05, 0.1) is 5.60 Å². The van der Waals surface area contributed by atoms with Gasteiger partial charge in [0.15, 0.2) is 0 Å². The molecule has 0 heterocycles. The van der Waals surface area contributed by atoms with Crippen molar-refractivity contribution >= 4 is 0 Å². The van der Waals surface area contributed by atoms with E-state index in [2.05, 4.69) is 6.92 Å². The highest BCUT2D eigenvalue weighted by molar-refractivity contribution is 5.13. The predicted molar refractivity (Wildman–Crippen MR) is 64.9 cm³/mol. The smallest absolute Gasteiger partial charge is 0.0743 e. The van der Waals surface area contributed by atoms with Gasteiger partial charge in [-0.1, -0.05) is 19.8 Å². The summed E-state index contributed by atoms with van der Waals surface area (Å²) in [5, 5.41) is 11.2. The highest BCUT2D eigenvalue weighted by atomic mass is 16.3. The maximum atomic E-state index is 11.2. The quantitative estimate of drug-likeness (QED) is 0.754. The van der Waals surface area contributed by atoms with Crippen LogP contribution in [-0.4, -0.2) is 17.3 Å². The number of nitrogens with two attached hydrogens (primary N) is 1. The molecule has 0 spiro atoms. The fraction of sp³-hybridized carbons (Fsp3) is 1.00.